The Balaban J connectivity index is 2.01. The Labute approximate surface area is 137 Å². The predicted octanol–water partition coefficient (Wildman–Crippen LogP) is 4.34. The fraction of sp³-hybridized carbons (Fsp3) is 0. The molecule has 3 rings (SSSR count). The van der Waals surface area contributed by atoms with Gasteiger partial charge in [0.2, 0.25) is 0 Å². The van der Waals surface area contributed by atoms with Gasteiger partial charge in [-0.05, 0) is 42.5 Å². The molecule has 22 heavy (non-hydrogen) atoms. The molecule has 0 radical (unpaired) electrons. The van der Waals surface area contributed by atoms with Crippen LogP contribution in [0.1, 0.15) is 0 Å². The van der Waals surface area contributed by atoms with E-state index in [0.29, 0.717) is 10.7 Å². The fourth-order valence-electron chi connectivity index (χ4n) is 2.03. The van der Waals surface area contributed by atoms with Crippen molar-refractivity contribution in [2.24, 2.45) is 0 Å². The number of nitrogens with one attached hydrogen (secondary N) is 1. The zero-order valence-electron chi connectivity index (χ0n) is 11.1. The predicted molar refractivity (Wildman–Crippen MR) is 89.0 cm³/mol. The fourth-order valence-corrected chi connectivity index (χ4v) is 3.85. The third-order valence-corrected chi connectivity index (χ3v) is 5.14. The number of pyridine rings is 1. The minimum Gasteiger partial charge on any atom is -0.280 e. The van der Waals surface area contributed by atoms with Crippen LogP contribution < -0.4 is 4.72 Å². The number of benzene rings is 2. The smallest absolute Gasteiger partial charge is 0.263 e. The minimum absolute atomic E-state index is 0.0621. The molecule has 0 aliphatic heterocycles. The average molecular weight is 353 g/mol. The second-order valence-corrected chi connectivity index (χ2v) is 7.09. The highest BCUT2D eigenvalue weighted by molar-refractivity contribution is 7.92. The molecule has 0 saturated heterocycles. The van der Waals surface area contributed by atoms with Gasteiger partial charge in [0.1, 0.15) is 4.90 Å². The molecule has 0 unspecified atom stereocenters. The molecule has 0 atom stereocenters. The van der Waals surface area contributed by atoms with E-state index < -0.39 is 10.0 Å². The van der Waals surface area contributed by atoms with Crippen LogP contribution in [0.2, 0.25) is 10.0 Å². The lowest BCUT2D eigenvalue weighted by Gasteiger charge is -2.10. The van der Waals surface area contributed by atoms with Crippen LogP contribution in [0.15, 0.2) is 59.6 Å². The van der Waals surface area contributed by atoms with Gasteiger partial charge in [-0.1, -0.05) is 29.3 Å². The first-order valence-corrected chi connectivity index (χ1v) is 8.52. The van der Waals surface area contributed by atoms with Crippen molar-refractivity contribution in [2.45, 2.75) is 4.90 Å². The zero-order valence-corrected chi connectivity index (χ0v) is 13.5. The van der Waals surface area contributed by atoms with Gasteiger partial charge >= 0.3 is 0 Å². The Morgan fingerprint density at radius 3 is 2.64 bits per heavy atom. The second kappa shape index (κ2) is 5.76. The molecule has 0 saturated carbocycles. The highest BCUT2D eigenvalue weighted by Crippen LogP contribution is 2.27. The van der Waals surface area contributed by atoms with Gasteiger partial charge < -0.3 is 0 Å². The summed E-state index contributed by atoms with van der Waals surface area (Å²) in [5.41, 5.74) is 1.21. The third kappa shape index (κ3) is 3.02. The van der Waals surface area contributed by atoms with Gasteiger partial charge in [0, 0.05) is 22.3 Å². The SMILES string of the molecule is O=S(=O)(Nc1ccc2ncccc2c1)c1cc(Cl)ccc1Cl. The van der Waals surface area contributed by atoms with Crippen molar-refractivity contribution in [3.63, 3.8) is 0 Å². The number of hydrogen-bond acceptors (Lipinski definition) is 3. The van der Waals surface area contributed by atoms with Crippen LogP contribution in [0.5, 0.6) is 0 Å². The molecule has 0 aliphatic carbocycles. The van der Waals surface area contributed by atoms with Crippen molar-refractivity contribution in [2.75, 3.05) is 4.72 Å². The van der Waals surface area contributed by atoms with Gasteiger partial charge in [-0.15, -0.1) is 0 Å². The van der Waals surface area contributed by atoms with Crippen LogP contribution in [0.25, 0.3) is 10.9 Å². The highest BCUT2D eigenvalue weighted by Gasteiger charge is 2.18. The molecular weight excluding hydrogens is 343 g/mol. The first-order chi connectivity index (χ1) is 10.5. The van der Waals surface area contributed by atoms with Crippen LogP contribution >= 0.6 is 23.2 Å². The second-order valence-electron chi connectivity index (χ2n) is 4.59. The molecule has 3 aromatic rings. The van der Waals surface area contributed by atoms with Crippen molar-refractivity contribution >= 4 is 49.8 Å². The first kappa shape index (κ1) is 15.1. The normalized spacial score (nSPS) is 11.5. The lowest BCUT2D eigenvalue weighted by atomic mass is 10.2. The number of rotatable bonds is 3. The van der Waals surface area contributed by atoms with E-state index in [1.807, 2.05) is 6.07 Å². The van der Waals surface area contributed by atoms with Gasteiger partial charge in [0.15, 0.2) is 0 Å². The van der Waals surface area contributed by atoms with Crippen molar-refractivity contribution in [1.29, 1.82) is 0 Å². The molecule has 0 fully saturated rings. The standard InChI is InChI=1S/C15H10Cl2N2O2S/c16-11-3-5-13(17)15(9-11)22(20,21)19-12-4-6-14-10(8-12)2-1-7-18-14/h1-9,19H. The lowest BCUT2D eigenvalue weighted by molar-refractivity contribution is 0.601. The van der Waals surface area contributed by atoms with Gasteiger partial charge in [0.25, 0.3) is 10.0 Å². The van der Waals surface area contributed by atoms with Crippen molar-refractivity contribution in [3.8, 4) is 0 Å². The monoisotopic (exact) mass is 352 g/mol. The molecule has 0 spiro atoms. The molecule has 1 N–H and O–H groups in total. The number of anilines is 1. The molecule has 1 heterocycles. The zero-order chi connectivity index (χ0) is 15.7. The maximum absolute atomic E-state index is 12.4. The number of nitrogens with zero attached hydrogens (tertiary/aromatic N) is 1. The van der Waals surface area contributed by atoms with Crippen LogP contribution in [0.3, 0.4) is 0 Å². The van der Waals surface area contributed by atoms with Gasteiger partial charge in [-0.3, -0.25) is 9.71 Å². The number of fused-ring (bicyclic) bond motifs is 1. The first-order valence-electron chi connectivity index (χ1n) is 6.28. The van der Waals surface area contributed by atoms with E-state index in [1.165, 1.54) is 18.2 Å². The summed E-state index contributed by atoms with van der Waals surface area (Å²) in [5.74, 6) is 0. The van der Waals surface area contributed by atoms with E-state index in [-0.39, 0.29) is 9.92 Å². The van der Waals surface area contributed by atoms with Crippen molar-refractivity contribution in [1.82, 2.24) is 4.98 Å². The average Bonchev–Trinajstić information content (AvgIpc) is 2.49. The van der Waals surface area contributed by atoms with Gasteiger partial charge in [0.05, 0.1) is 10.5 Å². The minimum atomic E-state index is -3.82. The molecule has 0 aliphatic rings. The maximum Gasteiger partial charge on any atom is 0.263 e. The van der Waals surface area contributed by atoms with Gasteiger partial charge in [-0.25, -0.2) is 8.42 Å². The summed E-state index contributed by atoms with van der Waals surface area (Å²) >= 11 is 11.8. The molecule has 0 bridgehead atoms. The number of halogens is 2. The molecule has 4 nitrogen and oxygen atoms in total. The van der Waals surface area contributed by atoms with E-state index in [2.05, 4.69) is 9.71 Å². The van der Waals surface area contributed by atoms with E-state index in [4.69, 9.17) is 23.2 Å². The Bertz CT molecular complexity index is 959. The molecule has 7 heteroatoms. The Morgan fingerprint density at radius 1 is 1.00 bits per heavy atom. The number of aromatic nitrogens is 1. The third-order valence-electron chi connectivity index (χ3n) is 3.04. The number of hydrogen-bond donors (Lipinski definition) is 1. The van der Waals surface area contributed by atoms with Crippen LogP contribution in [0.4, 0.5) is 5.69 Å². The summed E-state index contributed by atoms with van der Waals surface area (Å²) < 4.78 is 27.4. The van der Waals surface area contributed by atoms with Crippen molar-refractivity contribution < 1.29 is 8.42 Å². The molecule has 2 aromatic carbocycles. The molecule has 0 amide bonds. The topological polar surface area (TPSA) is 59.1 Å². The van der Waals surface area contributed by atoms with E-state index >= 15 is 0 Å². The highest BCUT2D eigenvalue weighted by atomic mass is 35.5. The maximum atomic E-state index is 12.4. The summed E-state index contributed by atoms with van der Waals surface area (Å²) in [7, 11) is -3.82. The van der Waals surface area contributed by atoms with E-state index in [9.17, 15) is 8.42 Å². The van der Waals surface area contributed by atoms with E-state index in [1.54, 1.807) is 30.5 Å². The Kier molecular flexibility index (Phi) is 3.95. The summed E-state index contributed by atoms with van der Waals surface area (Å²) in [5, 5.41) is 1.24. The summed E-state index contributed by atoms with van der Waals surface area (Å²) in [6.07, 6.45) is 1.68. The summed E-state index contributed by atoms with van der Waals surface area (Å²) in [6.45, 7) is 0. The van der Waals surface area contributed by atoms with Gasteiger partial charge in [-0.2, -0.15) is 0 Å². The summed E-state index contributed by atoms with van der Waals surface area (Å²) in [4.78, 5) is 4.12. The molecule has 112 valence electrons. The summed E-state index contributed by atoms with van der Waals surface area (Å²) in [6, 6.07) is 13.0. The van der Waals surface area contributed by atoms with Crippen LogP contribution in [-0.2, 0) is 10.0 Å². The van der Waals surface area contributed by atoms with Crippen LogP contribution in [-0.4, -0.2) is 13.4 Å². The Hall–Kier alpha value is -1.82. The molecular formula is C15H10Cl2N2O2S. The van der Waals surface area contributed by atoms with E-state index in [0.717, 1.165) is 10.9 Å². The Morgan fingerprint density at radius 2 is 1.82 bits per heavy atom. The largest absolute Gasteiger partial charge is 0.280 e. The lowest BCUT2D eigenvalue weighted by Crippen LogP contribution is -2.13. The van der Waals surface area contributed by atoms with Crippen molar-refractivity contribution in [3.05, 3.63) is 64.8 Å². The molecule has 1 aromatic heterocycles. The quantitative estimate of drug-likeness (QED) is 0.762. The van der Waals surface area contributed by atoms with Crippen LogP contribution in [0, 0.1) is 0 Å². The number of sulfonamides is 1.